The Morgan fingerprint density at radius 3 is 2.44 bits per heavy atom. The van der Waals surface area contributed by atoms with Gasteiger partial charge < -0.3 is 14.8 Å². The predicted molar refractivity (Wildman–Crippen MR) is 118 cm³/mol. The Labute approximate surface area is 183 Å². The van der Waals surface area contributed by atoms with E-state index in [1.54, 1.807) is 30.3 Å². The second-order valence-electron chi connectivity index (χ2n) is 7.64. The standard InChI is InChI=1S/C25H19FN2O4/c1-14-7-8-16(11-15(14)2)22-23(27-17-9-10-20-21(12-17)32-13-31-20)25(30)28(24(22)29)19-6-4-3-5-18(19)26/h3-12,27H,13H2,1-2H3. The first-order chi connectivity index (χ1) is 15.4. The van der Waals surface area contributed by atoms with Crippen LogP contribution in [0.1, 0.15) is 16.7 Å². The van der Waals surface area contributed by atoms with Crippen molar-refractivity contribution in [1.29, 1.82) is 0 Å². The molecule has 0 atom stereocenters. The van der Waals surface area contributed by atoms with Crippen LogP contribution in [-0.2, 0) is 9.59 Å². The first kappa shape index (κ1) is 19.8. The maximum atomic E-state index is 14.5. The Hall–Kier alpha value is -4.13. The van der Waals surface area contributed by atoms with E-state index < -0.39 is 17.6 Å². The summed E-state index contributed by atoms with van der Waals surface area (Å²) in [6.45, 7) is 4.01. The minimum atomic E-state index is -0.655. The number of carbonyl (C=O) groups is 2. The van der Waals surface area contributed by atoms with Gasteiger partial charge in [-0.3, -0.25) is 9.59 Å². The zero-order valence-corrected chi connectivity index (χ0v) is 17.4. The summed E-state index contributed by atoms with van der Waals surface area (Å²) in [5.41, 5.74) is 3.31. The zero-order valence-electron chi connectivity index (χ0n) is 17.4. The largest absolute Gasteiger partial charge is 0.454 e. The van der Waals surface area contributed by atoms with Gasteiger partial charge in [0.25, 0.3) is 11.8 Å². The fourth-order valence-corrected chi connectivity index (χ4v) is 3.78. The molecule has 32 heavy (non-hydrogen) atoms. The number of para-hydroxylation sites is 1. The van der Waals surface area contributed by atoms with E-state index >= 15 is 0 Å². The minimum absolute atomic E-state index is 0.0698. The van der Waals surface area contributed by atoms with Crippen molar-refractivity contribution < 1.29 is 23.5 Å². The number of halogens is 1. The molecule has 1 N–H and O–H groups in total. The Bertz CT molecular complexity index is 1320. The zero-order chi connectivity index (χ0) is 22.4. The van der Waals surface area contributed by atoms with Crippen LogP contribution in [0.2, 0.25) is 0 Å². The van der Waals surface area contributed by atoms with Crippen LogP contribution in [0.15, 0.2) is 66.4 Å². The average molecular weight is 430 g/mol. The van der Waals surface area contributed by atoms with Crippen molar-refractivity contribution in [3.8, 4) is 11.5 Å². The van der Waals surface area contributed by atoms with Gasteiger partial charge in [0, 0.05) is 11.8 Å². The molecule has 2 aliphatic rings. The van der Waals surface area contributed by atoms with Gasteiger partial charge in [0.05, 0.1) is 11.3 Å². The van der Waals surface area contributed by atoms with Gasteiger partial charge in [-0.2, -0.15) is 0 Å². The quantitative estimate of drug-likeness (QED) is 0.615. The lowest BCUT2D eigenvalue weighted by molar-refractivity contribution is -0.120. The highest BCUT2D eigenvalue weighted by atomic mass is 19.1. The molecule has 0 unspecified atom stereocenters. The van der Waals surface area contributed by atoms with Crippen LogP contribution in [-0.4, -0.2) is 18.6 Å². The highest BCUT2D eigenvalue weighted by Crippen LogP contribution is 2.38. The first-order valence-corrected chi connectivity index (χ1v) is 10.1. The summed E-state index contributed by atoms with van der Waals surface area (Å²) in [6, 6.07) is 16.4. The number of rotatable bonds is 4. The van der Waals surface area contributed by atoms with Crippen LogP contribution in [0, 0.1) is 19.7 Å². The van der Waals surface area contributed by atoms with E-state index in [0.717, 1.165) is 16.0 Å². The van der Waals surface area contributed by atoms with Gasteiger partial charge in [-0.05, 0) is 54.8 Å². The number of benzene rings is 3. The molecule has 5 rings (SSSR count). The van der Waals surface area contributed by atoms with Gasteiger partial charge in [0.1, 0.15) is 11.5 Å². The van der Waals surface area contributed by atoms with E-state index in [9.17, 15) is 14.0 Å². The van der Waals surface area contributed by atoms with Crippen molar-refractivity contribution in [3.05, 3.63) is 88.9 Å². The summed E-state index contributed by atoms with van der Waals surface area (Å²) in [5, 5.41) is 3.06. The lowest BCUT2D eigenvalue weighted by Gasteiger charge is -2.16. The predicted octanol–water partition coefficient (Wildman–Crippen LogP) is 4.57. The highest BCUT2D eigenvalue weighted by molar-refractivity contribution is 6.46. The van der Waals surface area contributed by atoms with Crippen LogP contribution < -0.4 is 19.7 Å². The normalized spacial score (nSPS) is 15.0. The number of hydrogen-bond acceptors (Lipinski definition) is 5. The van der Waals surface area contributed by atoms with E-state index in [1.807, 2.05) is 26.0 Å². The van der Waals surface area contributed by atoms with Gasteiger partial charge in [-0.25, -0.2) is 9.29 Å². The van der Waals surface area contributed by atoms with Crippen LogP contribution in [0.3, 0.4) is 0 Å². The molecule has 6 nitrogen and oxygen atoms in total. The number of fused-ring (bicyclic) bond motifs is 1. The lowest BCUT2D eigenvalue weighted by Crippen LogP contribution is -2.33. The first-order valence-electron chi connectivity index (χ1n) is 10.1. The van der Waals surface area contributed by atoms with Crippen LogP contribution in [0.4, 0.5) is 15.8 Å². The second-order valence-corrected chi connectivity index (χ2v) is 7.64. The molecule has 0 spiro atoms. The SMILES string of the molecule is Cc1ccc(C2=C(Nc3ccc4c(c3)OCO4)C(=O)N(c3ccccc3F)C2=O)cc1C. The maximum Gasteiger partial charge on any atom is 0.282 e. The van der Waals surface area contributed by atoms with Crippen molar-refractivity contribution in [2.75, 3.05) is 17.0 Å². The fraction of sp³-hybridized carbons (Fsp3) is 0.120. The Balaban J connectivity index is 1.63. The third-order valence-corrected chi connectivity index (χ3v) is 5.61. The molecule has 0 radical (unpaired) electrons. The number of anilines is 2. The van der Waals surface area contributed by atoms with E-state index in [4.69, 9.17) is 9.47 Å². The number of amides is 2. The molecule has 160 valence electrons. The highest BCUT2D eigenvalue weighted by Gasteiger charge is 2.41. The molecular weight excluding hydrogens is 411 g/mol. The van der Waals surface area contributed by atoms with Crippen molar-refractivity contribution >= 4 is 28.8 Å². The summed E-state index contributed by atoms with van der Waals surface area (Å²) in [5.74, 6) is -0.748. The summed E-state index contributed by atoms with van der Waals surface area (Å²) in [6.07, 6.45) is 0. The molecular formula is C25H19FN2O4. The Morgan fingerprint density at radius 2 is 1.66 bits per heavy atom. The number of hydrogen-bond donors (Lipinski definition) is 1. The fourth-order valence-electron chi connectivity index (χ4n) is 3.78. The van der Waals surface area contributed by atoms with Gasteiger partial charge >= 0.3 is 0 Å². The number of nitrogens with zero attached hydrogens (tertiary/aromatic N) is 1. The third-order valence-electron chi connectivity index (χ3n) is 5.61. The van der Waals surface area contributed by atoms with Crippen molar-refractivity contribution in [2.24, 2.45) is 0 Å². The van der Waals surface area contributed by atoms with E-state index in [0.29, 0.717) is 22.7 Å². The number of ether oxygens (including phenoxy) is 2. The van der Waals surface area contributed by atoms with Gasteiger partial charge in [0.15, 0.2) is 11.5 Å². The summed E-state index contributed by atoms with van der Waals surface area (Å²) in [4.78, 5) is 27.7. The molecule has 0 fully saturated rings. The summed E-state index contributed by atoms with van der Waals surface area (Å²) < 4.78 is 25.3. The molecule has 0 aromatic heterocycles. The average Bonchev–Trinajstić information content (AvgIpc) is 3.33. The number of aryl methyl sites for hydroxylation is 2. The van der Waals surface area contributed by atoms with Crippen molar-refractivity contribution in [2.45, 2.75) is 13.8 Å². The maximum absolute atomic E-state index is 14.5. The topological polar surface area (TPSA) is 67.9 Å². The van der Waals surface area contributed by atoms with Crippen molar-refractivity contribution in [3.63, 3.8) is 0 Å². The molecule has 2 amide bonds. The number of carbonyl (C=O) groups excluding carboxylic acids is 2. The Morgan fingerprint density at radius 1 is 0.875 bits per heavy atom. The monoisotopic (exact) mass is 430 g/mol. The van der Waals surface area contributed by atoms with Gasteiger partial charge in [-0.1, -0.05) is 30.3 Å². The van der Waals surface area contributed by atoms with E-state index in [1.165, 1.54) is 18.2 Å². The minimum Gasteiger partial charge on any atom is -0.454 e. The molecule has 2 aliphatic heterocycles. The van der Waals surface area contributed by atoms with Gasteiger partial charge in [0.2, 0.25) is 6.79 Å². The molecule has 3 aromatic rings. The number of imide groups is 1. The summed E-state index contributed by atoms with van der Waals surface area (Å²) >= 11 is 0. The van der Waals surface area contributed by atoms with E-state index in [-0.39, 0.29) is 23.8 Å². The molecule has 0 bridgehead atoms. The van der Waals surface area contributed by atoms with E-state index in [2.05, 4.69) is 5.32 Å². The second kappa shape index (κ2) is 7.53. The van der Waals surface area contributed by atoms with Crippen LogP contribution in [0.25, 0.3) is 5.57 Å². The molecule has 7 heteroatoms. The molecule has 0 aliphatic carbocycles. The van der Waals surface area contributed by atoms with Crippen LogP contribution in [0.5, 0.6) is 11.5 Å². The smallest absolute Gasteiger partial charge is 0.282 e. The molecule has 3 aromatic carbocycles. The van der Waals surface area contributed by atoms with Crippen molar-refractivity contribution in [1.82, 2.24) is 0 Å². The third kappa shape index (κ3) is 3.19. The summed E-state index contributed by atoms with van der Waals surface area (Å²) in [7, 11) is 0. The number of nitrogens with one attached hydrogen (secondary N) is 1. The van der Waals surface area contributed by atoms with Gasteiger partial charge in [-0.15, -0.1) is 0 Å². The molecule has 2 heterocycles. The Kier molecular flexibility index (Phi) is 4.66. The van der Waals surface area contributed by atoms with Crippen LogP contribution >= 0.6 is 0 Å². The molecule has 0 saturated heterocycles. The lowest BCUT2D eigenvalue weighted by atomic mass is 9.99. The molecule has 0 saturated carbocycles.